The topological polar surface area (TPSA) is 88.7 Å². The number of pyridine rings is 1. The molecule has 0 spiro atoms. The summed E-state index contributed by atoms with van der Waals surface area (Å²) in [5, 5.41) is 11.3. The molecule has 1 aliphatic rings. The van der Waals surface area contributed by atoms with Crippen molar-refractivity contribution in [2.45, 2.75) is 12.0 Å². The number of rotatable bonds is 4. The maximum Gasteiger partial charge on any atom is 0.251 e. The third kappa shape index (κ3) is 2.95. The lowest BCUT2D eigenvalue weighted by atomic mass is 10.0. The van der Waals surface area contributed by atoms with E-state index in [-0.39, 0.29) is 6.54 Å². The Morgan fingerprint density at radius 2 is 1.96 bits per heavy atom. The molecule has 1 aliphatic heterocycles. The summed E-state index contributed by atoms with van der Waals surface area (Å²) in [4.78, 5) is 17.9. The van der Waals surface area contributed by atoms with Crippen molar-refractivity contribution in [3.8, 4) is 11.5 Å². The normalized spacial score (nSPS) is 19.7. The zero-order valence-corrected chi connectivity index (χ0v) is 14.1. The van der Waals surface area contributed by atoms with Crippen molar-refractivity contribution in [2.24, 2.45) is 5.73 Å². The minimum absolute atomic E-state index is 0.172. The van der Waals surface area contributed by atoms with Crippen LogP contribution in [0.25, 0.3) is 10.9 Å². The molecular weight excluding hydrogens is 330 g/mol. The van der Waals surface area contributed by atoms with Gasteiger partial charge in [-0.3, -0.25) is 9.78 Å². The SMILES string of the molecule is NC(=O)[C@]1(O)CCN(c2ccnc3ccc(Oc4ccccc4)cc23)C1. The lowest BCUT2D eigenvalue weighted by Crippen LogP contribution is -2.46. The van der Waals surface area contributed by atoms with E-state index in [9.17, 15) is 9.90 Å². The Balaban J connectivity index is 1.69. The first-order valence-electron chi connectivity index (χ1n) is 8.44. The number of primary amides is 1. The van der Waals surface area contributed by atoms with Gasteiger partial charge < -0.3 is 20.5 Å². The number of ether oxygens (including phenoxy) is 1. The van der Waals surface area contributed by atoms with Crippen LogP contribution in [-0.2, 0) is 4.79 Å². The van der Waals surface area contributed by atoms with E-state index in [4.69, 9.17) is 10.5 Å². The van der Waals surface area contributed by atoms with Gasteiger partial charge in [0, 0.05) is 30.2 Å². The number of anilines is 1. The van der Waals surface area contributed by atoms with Crippen LogP contribution in [0.5, 0.6) is 11.5 Å². The van der Waals surface area contributed by atoms with E-state index in [1.165, 1.54) is 0 Å². The molecule has 1 amide bonds. The second kappa shape index (κ2) is 6.31. The minimum atomic E-state index is -1.49. The number of benzene rings is 2. The van der Waals surface area contributed by atoms with E-state index >= 15 is 0 Å². The van der Waals surface area contributed by atoms with Gasteiger partial charge >= 0.3 is 0 Å². The van der Waals surface area contributed by atoms with E-state index in [1.54, 1.807) is 6.20 Å². The van der Waals surface area contributed by atoms with Crippen molar-refractivity contribution < 1.29 is 14.6 Å². The largest absolute Gasteiger partial charge is 0.457 e. The molecule has 132 valence electrons. The Bertz CT molecular complexity index is 961. The van der Waals surface area contributed by atoms with Crippen LogP contribution in [-0.4, -0.2) is 34.7 Å². The number of hydrogen-bond donors (Lipinski definition) is 2. The quantitative estimate of drug-likeness (QED) is 0.755. The summed E-state index contributed by atoms with van der Waals surface area (Å²) in [5.74, 6) is 0.760. The highest BCUT2D eigenvalue weighted by Crippen LogP contribution is 2.34. The van der Waals surface area contributed by atoms with Crippen molar-refractivity contribution >= 4 is 22.5 Å². The number of fused-ring (bicyclic) bond motifs is 1. The van der Waals surface area contributed by atoms with Crippen molar-refractivity contribution in [2.75, 3.05) is 18.0 Å². The fourth-order valence-corrected chi connectivity index (χ4v) is 3.28. The zero-order chi connectivity index (χ0) is 18.1. The highest BCUT2D eigenvalue weighted by molar-refractivity contribution is 5.93. The predicted octanol–water partition coefficient (Wildman–Crippen LogP) is 2.45. The summed E-state index contributed by atoms with van der Waals surface area (Å²) in [7, 11) is 0. The Labute approximate surface area is 150 Å². The average Bonchev–Trinajstić information content (AvgIpc) is 3.06. The Hall–Kier alpha value is -3.12. The molecule has 3 N–H and O–H groups in total. The van der Waals surface area contributed by atoms with Crippen LogP contribution in [0.15, 0.2) is 60.8 Å². The molecule has 0 radical (unpaired) electrons. The molecule has 6 heteroatoms. The molecule has 1 fully saturated rings. The highest BCUT2D eigenvalue weighted by atomic mass is 16.5. The van der Waals surface area contributed by atoms with Gasteiger partial charge in [-0.15, -0.1) is 0 Å². The highest BCUT2D eigenvalue weighted by Gasteiger charge is 2.41. The third-order valence-corrected chi connectivity index (χ3v) is 4.72. The lowest BCUT2D eigenvalue weighted by Gasteiger charge is -2.23. The summed E-state index contributed by atoms with van der Waals surface area (Å²) in [6.45, 7) is 0.716. The number of aromatic nitrogens is 1. The third-order valence-electron chi connectivity index (χ3n) is 4.72. The second-order valence-electron chi connectivity index (χ2n) is 6.49. The molecule has 26 heavy (non-hydrogen) atoms. The molecule has 0 unspecified atom stereocenters. The fraction of sp³-hybridized carbons (Fsp3) is 0.200. The number of para-hydroxylation sites is 1. The first-order valence-corrected chi connectivity index (χ1v) is 8.44. The summed E-state index contributed by atoms with van der Waals surface area (Å²) in [5.41, 5.74) is 5.57. The molecule has 0 saturated carbocycles. The van der Waals surface area contributed by atoms with Gasteiger partial charge in [0.15, 0.2) is 5.60 Å². The molecule has 2 aromatic carbocycles. The molecule has 1 atom stereocenters. The molecule has 6 nitrogen and oxygen atoms in total. The van der Waals surface area contributed by atoms with Crippen molar-refractivity contribution in [3.05, 3.63) is 60.8 Å². The maximum absolute atomic E-state index is 11.5. The number of amides is 1. The molecule has 1 aromatic heterocycles. The smallest absolute Gasteiger partial charge is 0.251 e. The van der Waals surface area contributed by atoms with Crippen LogP contribution >= 0.6 is 0 Å². The summed E-state index contributed by atoms with van der Waals surface area (Å²) < 4.78 is 5.91. The second-order valence-corrected chi connectivity index (χ2v) is 6.49. The number of carbonyl (C=O) groups is 1. The number of carbonyl (C=O) groups excluding carboxylic acids is 1. The fourth-order valence-electron chi connectivity index (χ4n) is 3.28. The van der Waals surface area contributed by atoms with Crippen LogP contribution in [0, 0.1) is 0 Å². The Morgan fingerprint density at radius 3 is 2.69 bits per heavy atom. The minimum Gasteiger partial charge on any atom is -0.457 e. The summed E-state index contributed by atoms with van der Waals surface area (Å²) in [6, 6.07) is 17.1. The lowest BCUT2D eigenvalue weighted by molar-refractivity contribution is -0.134. The predicted molar refractivity (Wildman–Crippen MR) is 99.2 cm³/mol. The van der Waals surface area contributed by atoms with Gasteiger partial charge in [0.2, 0.25) is 0 Å². The summed E-state index contributed by atoms with van der Waals surface area (Å²) in [6.07, 6.45) is 2.03. The van der Waals surface area contributed by atoms with Crippen LogP contribution < -0.4 is 15.4 Å². The van der Waals surface area contributed by atoms with E-state index in [1.807, 2.05) is 59.5 Å². The van der Waals surface area contributed by atoms with Gasteiger partial charge in [-0.05, 0) is 36.4 Å². The standard InChI is InChI=1S/C20H19N3O3/c21-19(24)20(25)9-11-23(13-20)18-8-10-22-17-7-6-15(12-16(17)18)26-14-4-2-1-3-5-14/h1-8,10,12,25H,9,11,13H2,(H2,21,24)/t20-/m0/s1. The van der Waals surface area contributed by atoms with Crippen LogP contribution in [0.4, 0.5) is 5.69 Å². The average molecular weight is 349 g/mol. The van der Waals surface area contributed by atoms with Crippen molar-refractivity contribution in [3.63, 3.8) is 0 Å². The molecule has 4 rings (SSSR count). The molecule has 3 aromatic rings. The van der Waals surface area contributed by atoms with Crippen LogP contribution in [0.2, 0.25) is 0 Å². The molecular formula is C20H19N3O3. The van der Waals surface area contributed by atoms with Gasteiger partial charge in [0.05, 0.1) is 12.1 Å². The van der Waals surface area contributed by atoms with Gasteiger partial charge in [-0.25, -0.2) is 0 Å². The van der Waals surface area contributed by atoms with Crippen molar-refractivity contribution in [1.29, 1.82) is 0 Å². The van der Waals surface area contributed by atoms with Crippen molar-refractivity contribution in [1.82, 2.24) is 4.98 Å². The van der Waals surface area contributed by atoms with Crippen LogP contribution in [0.3, 0.4) is 0 Å². The van der Waals surface area contributed by atoms with Gasteiger partial charge in [-0.1, -0.05) is 18.2 Å². The van der Waals surface area contributed by atoms with Gasteiger partial charge in [0.1, 0.15) is 11.5 Å². The Kier molecular flexibility index (Phi) is 3.97. The van der Waals surface area contributed by atoms with E-state index in [0.717, 1.165) is 22.3 Å². The monoisotopic (exact) mass is 349 g/mol. The molecule has 1 saturated heterocycles. The van der Waals surface area contributed by atoms with Crippen LogP contribution in [0.1, 0.15) is 6.42 Å². The first-order chi connectivity index (χ1) is 12.5. The number of nitrogens with zero attached hydrogens (tertiary/aromatic N) is 2. The van der Waals surface area contributed by atoms with E-state index in [0.29, 0.717) is 18.7 Å². The Morgan fingerprint density at radius 1 is 1.15 bits per heavy atom. The number of hydrogen-bond acceptors (Lipinski definition) is 5. The maximum atomic E-state index is 11.5. The summed E-state index contributed by atoms with van der Waals surface area (Å²) >= 11 is 0. The molecule has 2 heterocycles. The molecule has 0 bridgehead atoms. The first kappa shape index (κ1) is 16.4. The van der Waals surface area contributed by atoms with E-state index in [2.05, 4.69) is 4.98 Å². The van der Waals surface area contributed by atoms with Gasteiger partial charge in [-0.2, -0.15) is 0 Å². The molecule has 0 aliphatic carbocycles. The number of β-amino-alcohol motifs (C(OH)–C–C–N with tert-alkyl or cyclic N) is 1. The number of aliphatic hydroxyl groups is 1. The number of nitrogens with two attached hydrogens (primary N) is 1. The van der Waals surface area contributed by atoms with E-state index < -0.39 is 11.5 Å². The van der Waals surface area contributed by atoms with Gasteiger partial charge in [0.25, 0.3) is 5.91 Å². The zero-order valence-electron chi connectivity index (χ0n) is 14.1.